The second-order valence-electron chi connectivity index (χ2n) is 31.0. The first-order valence-corrected chi connectivity index (χ1v) is 42.1. The highest BCUT2D eigenvalue weighted by Gasteiger charge is 2.27. The number of amides is 8. The quantitative estimate of drug-likeness (QED) is 0.0103. The molecule has 12 aromatic rings. The van der Waals surface area contributed by atoms with Crippen LogP contribution in [0.4, 0.5) is 68.2 Å². The molecule has 0 aliphatic heterocycles. The molecule has 0 aliphatic carbocycles. The van der Waals surface area contributed by atoms with Crippen molar-refractivity contribution in [1.29, 1.82) is 0 Å². The minimum atomic E-state index is -1.17. The van der Waals surface area contributed by atoms with E-state index in [0.29, 0.717) is 62.4 Å². The van der Waals surface area contributed by atoms with Crippen molar-refractivity contribution in [3.05, 3.63) is 307 Å². The third-order valence-electron chi connectivity index (χ3n) is 19.3. The average molecular weight is 1920 g/mol. The zero-order chi connectivity index (χ0) is 103. The molecular formula is C100H98N12O28. The Morgan fingerprint density at radius 1 is 0.279 bits per heavy atom. The SMILES string of the molecule is CC(C)Oc1cc(C(=O)O)ccc1NC(=O)c1ccc(NC(=O)c2ccc(N)cc2)c(OC(C)C)c1.CC(C)Oc1cc(C(=O)O)ccc1NC(=O)c1ccc(NC(=O)c2ccc(N)cc2OC(C)C)cc1O.COc1cc(C(=O)O)ccc1NC(=O)c1ccc(NC(=O)c2ccc(N)cc2)c(OC)c1.COc1cc(C(=O)O)ccc1NC(=O)c1ccc(NC(=O)c2ccc([N+](=O)[O-])cc2)c(OC)c1O. The van der Waals surface area contributed by atoms with Gasteiger partial charge in [0.25, 0.3) is 52.9 Å². The van der Waals surface area contributed by atoms with Gasteiger partial charge in [-0.25, -0.2) is 19.2 Å². The Morgan fingerprint density at radius 3 is 0.886 bits per heavy atom. The lowest BCUT2D eigenvalue weighted by Crippen LogP contribution is -2.17. The Hall–Kier alpha value is -18.9. The van der Waals surface area contributed by atoms with Crippen molar-refractivity contribution in [2.75, 3.05) is 88.2 Å². The summed E-state index contributed by atoms with van der Waals surface area (Å²) < 4.78 is 43.7. The van der Waals surface area contributed by atoms with Crippen LogP contribution in [0.5, 0.6) is 57.5 Å². The summed E-state index contributed by atoms with van der Waals surface area (Å²) in [6.45, 7) is 14.4. The fourth-order valence-electron chi connectivity index (χ4n) is 12.6. The monoisotopic (exact) mass is 1910 g/mol. The maximum atomic E-state index is 13.1. The molecule has 726 valence electrons. The van der Waals surface area contributed by atoms with Crippen LogP contribution < -0.4 is 97.6 Å². The number of nitrogens with two attached hydrogens (primary N) is 3. The van der Waals surface area contributed by atoms with Gasteiger partial charge in [0.05, 0.1) is 137 Å². The van der Waals surface area contributed by atoms with Gasteiger partial charge in [0, 0.05) is 74.8 Å². The van der Waals surface area contributed by atoms with Gasteiger partial charge in [-0.3, -0.25) is 48.5 Å². The molecule has 0 radical (unpaired) electrons. The number of benzene rings is 12. The zero-order valence-corrected chi connectivity index (χ0v) is 77.1. The summed E-state index contributed by atoms with van der Waals surface area (Å²) in [5.41, 5.74) is 22.1. The molecule has 12 rings (SSSR count). The van der Waals surface area contributed by atoms with Crippen molar-refractivity contribution in [3.8, 4) is 57.5 Å². The summed E-state index contributed by atoms with van der Waals surface area (Å²) >= 11 is 0. The number of carbonyl (C=O) groups is 12. The first kappa shape index (κ1) is 105. The summed E-state index contributed by atoms with van der Waals surface area (Å²) in [6, 6.07) is 54.6. The summed E-state index contributed by atoms with van der Waals surface area (Å²) in [5.74, 6) is -8.17. The molecule has 0 saturated carbocycles. The summed E-state index contributed by atoms with van der Waals surface area (Å²) in [6.07, 6.45) is -0.907. The van der Waals surface area contributed by atoms with Crippen molar-refractivity contribution in [2.24, 2.45) is 0 Å². The van der Waals surface area contributed by atoms with Gasteiger partial charge in [-0.15, -0.1) is 0 Å². The number of anilines is 11. The molecule has 40 nitrogen and oxygen atoms in total. The number of phenols is 2. The van der Waals surface area contributed by atoms with Gasteiger partial charge in [-0.1, -0.05) is 0 Å². The van der Waals surface area contributed by atoms with E-state index in [1.165, 1.54) is 180 Å². The number of non-ortho nitro benzene ring substituents is 1. The molecule has 0 fully saturated rings. The van der Waals surface area contributed by atoms with Crippen LogP contribution in [0.1, 0.15) is 180 Å². The third-order valence-corrected chi connectivity index (χ3v) is 19.3. The van der Waals surface area contributed by atoms with Crippen molar-refractivity contribution in [1.82, 2.24) is 0 Å². The summed E-state index contributed by atoms with van der Waals surface area (Å²) in [4.78, 5) is 157. The minimum Gasteiger partial charge on any atom is -0.507 e. The molecule has 8 amide bonds. The number of nitro benzene ring substituents is 1. The van der Waals surface area contributed by atoms with Crippen LogP contribution >= 0.6 is 0 Å². The number of phenolic OH excluding ortho intramolecular Hbond substituents is 2. The number of nitrogens with one attached hydrogen (secondary N) is 8. The molecule has 0 unspecified atom stereocenters. The van der Waals surface area contributed by atoms with Gasteiger partial charge in [0.2, 0.25) is 0 Å². The van der Waals surface area contributed by atoms with E-state index in [2.05, 4.69) is 42.5 Å². The second kappa shape index (κ2) is 48.1. The molecule has 20 N–H and O–H groups in total. The fraction of sp³-hybridized carbons (Fsp3) is 0.160. The van der Waals surface area contributed by atoms with Gasteiger partial charge in [0.1, 0.15) is 46.0 Å². The number of carboxylic acid groups (broad SMARTS) is 4. The summed E-state index contributed by atoms with van der Waals surface area (Å²) in [7, 11) is 5.33. The predicted octanol–water partition coefficient (Wildman–Crippen LogP) is 16.8. The lowest BCUT2D eigenvalue weighted by molar-refractivity contribution is -0.384. The van der Waals surface area contributed by atoms with Crippen LogP contribution in [0.15, 0.2) is 231 Å². The zero-order valence-electron chi connectivity index (χ0n) is 77.1. The Balaban J connectivity index is 0.000000209. The number of ether oxygens (including phenoxy) is 8. The van der Waals surface area contributed by atoms with Crippen molar-refractivity contribution in [3.63, 3.8) is 0 Å². The molecule has 140 heavy (non-hydrogen) atoms. The van der Waals surface area contributed by atoms with Crippen LogP contribution in [0.25, 0.3) is 0 Å². The molecular weight excluding hydrogens is 1820 g/mol. The number of nitrogens with zero attached hydrogens (tertiary/aromatic N) is 1. The number of carboxylic acids is 4. The number of carbonyl (C=O) groups excluding carboxylic acids is 8. The molecule has 40 heteroatoms. The van der Waals surface area contributed by atoms with Crippen LogP contribution in [0.3, 0.4) is 0 Å². The first-order valence-electron chi connectivity index (χ1n) is 42.1. The standard InChI is InChI=1S/C27H29N3O7.C27H29N3O6.C23H19N3O9.C23H21N3O6/c1-14(2)36-23-12-17(28)6-8-20(23)26(33)29-18-7-9-19(22(31)13-18)25(32)30-21-10-5-16(27(34)35)11-24(21)37-15(3)4;1-15(2)35-23-13-18(7-11-21(23)29-25(31)17-5-9-20(28)10-6-17)26(32)30-22-12-8-19(27(33)34)14-24(22)36-16(3)4;1-34-18-11-13(23(30)31)5-9-16(18)24-22(29)15-8-10-17(20(35-2)19(15)27)25-21(28)12-3-6-14(7-4-12)26(32)33;1-31-19-11-14(5-9-17(19)25-21(27)13-3-7-16(24)8-4-13)22(28)26-18-10-6-15(23(29)30)12-20(18)32-2/h5-15,31H,28H2,1-4H3,(H,29,33)(H,30,32)(H,34,35);5-16H,28H2,1-4H3,(H,29,31)(H,30,32)(H,33,34);3-11,27H,1-2H3,(H,24,29)(H,25,28)(H,30,31);3-12H,24H2,1-2H3,(H,25,27)(H,26,28)(H,29,30). The molecule has 12 aromatic carbocycles. The van der Waals surface area contributed by atoms with E-state index in [1.807, 2.05) is 27.7 Å². The number of rotatable bonds is 33. The van der Waals surface area contributed by atoms with Gasteiger partial charge in [0.15, 0.2) is 11.5 Å². The Labute approximate surface area is 799 Å². The van der Waals surface area contributed by atoms with Gasteiger partial charge in [-0.2, -0.15) is 0 Å². The maximum absolute atomic E-state index is 13.1. The molecule has 0 atom stereocenters. The number of hydrogen-bond acceptors (Lipinski definition) is 27. The van der Waals surface area contributed by atoms with E-state index < -0.39 is 70.0 Å². The Kier molecular flexibility index (Phi) is 36.0. The van der Waals surface area contributed by atoms with Crippen LogP contribution in [-0.2, 0) is 0 Å². The third kappa shape index (κ3) is 28.8. The molecule has 0 aromatic heterocycles. The maximum Gasteiger partial charge on any atom is 0.335 e. The minimum absolute atomic E-state index is 0.000329. The fourth-order valence-corrected chi connectivity index (χ4v) is 12.6. The number of methoxy groups -OCH3 is 4. The van der Waals surface area contributed by atoms with E-state index >= 15 is 0 Å². The lowest BCUT2D eigenvalue weighted by Gasteiger charge is -2.18. The Bertz CT molecular complexity index is 6690. The van der Waals surface area contributed by atoms with Crippen LogP contribution in [0, 0.1) is 10.1 Å². The van der Waals surface area contributed by atoms with E-state index in [0.717, 1.165) is 0 Å². The number of nitro groups is 1. The van der Waals surface area contributed by atoms with E-state index in [9.17, 15) is 88.1 Å². The Morgan fingerprint density at radius 2 is 0.543 bits per heavy atom. The molecule has 0 saturated heterocycles. The number of hydrogen-bond donors (Lipinski definition) is 17. The molecule has 0 heterocycles. The second-order valence-corrected chi connectivity index (χ2v) is 31.0. The van der Waals surface area contributed by atoms with E-state index in [1.54, 1.807) is 107 Å². The topological polar surface area (TPSA) is 618 Å². The van der Waals surface area contributed by atoms with E-state index in [-0.39, 0.29) is 161 Å². The van der Waals surface area contributed by atoms with Gasteiger partial charge >= 0.3 is 23.9 Å². The highest BCUT2D eigenvalue weighted by atomic mass is 16.6. The molecule has 0 spiro atoms. The highest BCUT2D eigenvalue weighted by Crippen LogP contribution is 2.41. The molecule has 0 aliphatic rings. The number of aromatic hydroxyl groups is 2. The van der Waals surface area contributed by atoms with Gasteiger partial charge < -0.3 is 128 Å². The first-order chi connectivity index (χ1) is 66.4. The summed E-state index contributed by atoms with van der Waals surface area (Å²) in [5, 5.41) is 89.9. The van der Waals surface area contributed by atoms with Crippen molar-refractivity contribution >= 4 is 139 Å². The number of nitrogen functional groups attached to an aromatic ring is 3. The highest BCUT2D eigenvalue weighted by molar-refractivity contribution is 6.14. The van der Waals surface area contributed by atoms with Crippen molar-refractivity contribution in [2.45, 2.75) is 79.8 Å². The largest absolute Gasteiger partial charge is 0.507 e. The predicted molar refractivity (Wildman–Crippen MR) is 521 cm³/mol. The molecule has 0 bridgehead atoms. The van der Waals surface area contributed by atoms with E-state index in [4.69, 9.17) is 65.3 Å². The normalized spacial score (nSPS) is 10.5. The van der Waals surface area contributed by atoms with Crippen LogP contribution in [-0.4, -0.2) is 160 Å². The average Bonchev–Trinajstić information content (AvgIpc) is 0.814. The smallest absolute Gasteiger partial charge is 0.335 e. The number of aromatic carboxylic acids is 4. The van der Waals surface area contributed by atoms with Crippen molar-refractivity contribution < 1.29 is 131 Å². The van der Waals surface area contributed by atoms with Gasteiger partial charge in [-0.05, 0) is 262 Å². The van der Waals surface area contributed by atoms with Crippen LogP contribution in [0.2, 0.25) is 0 Å². The lowest BCUT2D eigenvalue weighted by atomic mass is 10.1.